The molecule has 18 heavy (non-hydrogen) atoms. The molecule has 1 heterocycles. The zero-order valence-electron chi connectivity index (χ0n) is 9.55. The van der Waals surface area contributed by atoms with Gasteiger partial charge in [-0.05, 0) is 13.8 Å². The van der Waals surface area contributed by atoms with Crippen LogP contribution in [0, 0.1) is 0 Å². The van der Waals surface area contributed by atoms with Crippen LogP contribution in [0.3, 0.4) is 0 Å². The van der Waals surface area contributed by atoms with Crippen molar-refractivity contribution in [1.29, 1.82) is 0 Å². The summed E-state index contributed by atoms with van der Waals surface area (Å²) in [6, 6.07) is 0. The third-order valence-corrected chi connectivity index (χ3v) is 5.78. The molecule has 4 nitrogen and oxygen atoms in total. The van der Waals surface area contributed by atoms with Crippen molar-refractivity contribution in [3.63, 3.8) is 0 Å². The molecule has 0 unspecified atom stereocenters. The van der Waals surface area contributed by atoms with Crippen molar-refractivity contribution in [3.05, 3.63) is 20.4 Å². The summed E-state index contributed by atoms with van der Waals surface area (Å²) < 4.78 is 22.9. The standard InChI is InChI=1S/C9H10Cl4NO3P/c1-3-16-18(15,17-4-2)7-5(10)8(12)14-9(13)6(7)11/h3-4H2,1-2H3. The molecule has 0 fully saturated rings. The van der Waals surface area contributed by atoms with Crippen LogP contribution in [-0.2, 0) is 13.6 Å². The number of nitrogens with zero attached hydrogens (tertiary/aromatic N) is 1. The zero-order valence-corrected chi connectivity index (χ0v) is 13.5. The van der Waals surface area contributed by atoms with Crippen LogP contribution in [0.15, 0.2) is 0 Å². The average Bonchev–Trinajstić information content (AvgIpc) is 2.27. The summed E-state index contributed by atoms with van der Waals surface area (Å²) in [4.78, 5) is 3.70. The van der Waals surface area contributed by atoms with Gasteiger partial charge in [-0.25, -0.2) is 4.98 Å². The number of pyridine rings is 1. The molecule has 0 saturated carbocycles. The van der Waals surface area contributed by atoms with Crippen LogP contribution in [0.1, 0.15) is 13.8 Å². The van der Waals surface area contributed by atoms with Crippen molar-refractivity contribution < 1.29 is 13.6 Å². The molecule has 1 rings (SSSR count). The topological polar surface area (TPSA) is 48.4 Å². The van der Waals surface area contributed by atoms with Gasteiger partial charge in [0.25, 0.3) is 0 Å². The maximum atomic E-state index is 12.6. The molecule has 0 radical (unpaired) electrons. The summed E-state index contributed by atoms with van der Waals surface area (Å²) in [5, 5.41) is -0.450. The number of hydrogen-bond acceptors (Lipinski definition) is 4. The first-order chi connectivity index (χ1) is 8.37. The second kappa shape index (κ2) is 6.76. The van der Waals surface area contributed by atoms with Crippen molar-refractivity contribution in [2.45, 2.75) is 13.8 Å². The molecule has 0 N–H and O–H groups in total. The molecule has 0 aromatic carbocycles. The fourth-order valence-electron chi connectivity index (χ4n) is 1.22. The maximum absolute atomic E-state index is 12.6. The number of rotatable bonds is 5. The van der Waals surface area contributed by atoms with Gasteiger partial charge in [-0.1, -0.05) is 46.4 Å². The Bertz CT molecular complexity index is 461. The van der Waals surface area contributed by atoms with E-state index in [1.54, 1.807) is 13.8 Å². The normalized spacial score (nSPS) is 11.9. The molecule has 0 aliphatic rings. The van der Waals surface area contributed by atoms with E-state index in [0.29, 0.717) is 0 Å². The fraction of sp³-hybridized carbons (Fsp3) is 0.444. The predicted octanol–water partition coefficient (Wildman–Crippen LogP) is 4.59. The minimum Gasteiger partial charge on any atom is -0.305 e. The van der Waals surface area contributed by atoms with Crippen molar-refractivity contribution in [1.82, 2.24) is 4.98 Å². The van der Waals surface area contributed by atoms with Crippen molar-refractivity contribution in [2.75, 3.05) is 13.2 Å². The molecule has 102 valence electrons. The second-order valence-electron chi connectivity index (χ2n) is 3.00. The third kappa shape index (κ3) is 3.31. The first-order valence-corrected chi connectivity index (χ1v) is 8.02. The Balaban J connectivity index is 3.50. The highest BCUT2D eigenvalue weighted by atomic mass is 35.5. The number of hydrogen-bond donors (Lipinski definition) is 0. The van der Waals surface area contributed by atoms with Crippen molar-refractivity contribution in [3.8, 4) is 0 Å². The van der Waals surface area contributed by atoms with Crippen LogP contribution in [0.2, 0.25) is 20.4 Å². The summed E-state index contributed by atoms with van der Waals surface area (Å²) in [7, 11) is -3.67. The Morgan fingerprint density at radius 2 is 1.39 bits per heavy atom. The minimum atomic E-state index is -3.67. The van der Waals surface area contributed by atoms with Gasteiger partial charge in [0.2, 0.25) is 0 Å². The largest absolute Gasteiger partial charge is 0.364 e. The van der Waals surface area contributed by atoms with Gasteiger partial charge in [0.05, 0.1) is 23.3 Å². The summed E-state index contributed by atoms with van der Waals surface area (Å²) in [5.74, 6) is 0. The molecular formula is C9H10Cl4NO3P. The first-order valence-electron chi connectivity index (χ1n) is 4.97. The Morgan fingerprint density at radius 1 is 1.00 bits per heavy atom. The van der Waals surface area contributed by atoms with E-state index in [-0.39, 0.29) is 38.9 Å². The lowest BCUT2D eigenvalue weighted by atomic mass is 10.5. The minimum absolute atomic E-state index is 0.0560. The number of aromatic nitrogens is 1. The molecule has 0 amide bonds. The third-order valence-electron chi connectivity index (χ3n) is 1.85. The molecule has 0 bridgehead atoms. The van der Waals surface area contributed by atoms with Crippen LogP contribution in [0.5, 0.6) is 0 Å². The van der Waals surface area contributed by atoms with E-state index in [1.165, 1.54) is 0 Å². The maximum Gasteiger partial charge on any atom is 0.364 e. The van der Waals surface area contributed by atoms with E-state index in [4.69, 9.17) is 55.5 Å². The molecule has 0 aliphatic heterocycles. The van der Waals surface area contributed by atoms with E-state index >= 15 is 0 Å². The lowest BCUT2D eigenvalue weighted by Gasteiger charge is -2.19. The SMILES string of the molecule is CCOP(=O)(OCC)c1c(Cl)c(Cl)nc(Cl)c1Cl. The van der Waals surface area contributed by atoms with E-state index in [0.717, 1.165) is 0 Å². The molecule has 1 aromatic rings. The smallest absolute Gasteiger partial charge is 0.305 e. The van der Waals surface area contributed by atoms with Crippen LogP contribution >= 0.6 is 54.0 Å². The molecule has 9 heteroatoms. The van der Waals surface area contributed by atoms with Crippen LogP contribution < -0.4 is 5.30 Å². The van der Waals surface area contributed by atoms with E-state index in [2.05, 4.69) is 4.98 Å². The van der Waals surface area contributed by atoms with Crippen molar-refractivity contribution in [2.24, 2.45) is 0 Å². The zero-order chi connectivity index (χ0) is 13.9. The summed E-state index contributed by atoms with van der Waals surface area (Å²) >= 11 is 23.5. The van der Waals surface area contributed by atoms with E-state index < -0.39 is 7.60 Å². The van der Waals surface area contributed by atoms with Crippen LogP contribution in [0.4, 0.5) is 0 Å². The van der Waals surface area contributed by atoms with Gasteiger partial charge < -0.3 is 9.05 Å². The molecule has 0 spiro atoms. The van der Waals surface area contributed by atoms with Gasteiger partial charge in [-0.2, -0.15) is 0 Å². The summed E-state index contributed by atoms with van der Waals surface area (Å²) in [5.41, 5.74) is 0. The van der Waals surface area contributed by atoms with Crippen LogP contribution in [0.25, 0.3) is 0 Å². The summed E-state index contributed by atoms with van der Waals surface area (Å²) in [6.07, 6.45) is 0. The average molecular weight is 353 g/mol. The monoisotopic (exact) mass is 351 g/mol. The van der Waals surface area contributed by atoms with Gasteiger partial charge in [-0.3, -0.25) is 4.57 Å². The van der Waals surface area contributed by atoms with Gasteiger partial charge >= 0.3 is 7.60 Å². The van der Waals surface area contributed by atoms with E-state index in [1.807, 2.05) is 0 Å². The van der Waals surface area contributed by atoms with Gasteiger partial charge in [0.15, 0.2) is 0 Å². The Hall–Kier alpha value is 0.460. The fourth-order valence-corrected chi connectivity index (χ4v) is 4.40. The summed E-state index contributed by atoms with van der Waals surface area (Å²) in [6.45, 7) is 3.64. The molecular weight excluding hydrogens is 343 g/mol. The highest BCUT2D eigenvalue weighted by Crippen LogP contribution is 2.52. The van der Waals surface area contributed by atoms with Gasteiger partial charge in [-0.15, -0.1) is 0 Å². The highest BCUT2D eigenvalue weighted by molar-refractivity contribution is 7.62. The van der Waals surface area contributed by atoms with Crippen LogP contribution in [-0.4, -0.2) is 18.2 Å². The quantitative estimate of drug-likeness (QED) is 0.574. The second-order valence-corrected chi connectivity index (χ2v) is 6.43. The Kier molecular flexibility index (Phi) is 6.20. The predicted molar refractivity (Wildman–Crippen MR) is 74.8 cm³/mol. The Labute approximate surface area is 125 Å². The van der Waals surface area contributed by atoms with Gasteiger partial charge in [0.1, 0.15) is 15.6 Å². The molecule has 0 atom stereocenters. The molecule has 0 saturated heterocycles. The number of halogens is 4. The van der Waals surface area contributed by atoms with E-state index in [9.17, 15) is 4.57 Å². The lowest BCUT2D eigenvalue weighted by molar-refractivity contribution is 0.230. The molecule has 0 aliphatic carbocycles. The van der Waals surface area contributed by atoms with Gasteiger partial charge in [0, 0.05) is 0 Å². The first kappa shape index (κ1) is 16.5. The highest BCUT2D eigenvalue weighted by Gasteiger charge is 2.35. The Morgan fingerprint density at radius 3 is 1.72 bits per heavy atom. The van der Waals surface area contributed by atoms with Crippen molar-refractivity contribution >= 4 is 59.3 Å². The lowest BCUT2D eigenvalue weighted by Crippen LogP contribution is -2.15. The molecule has 1 aromatic heterocycles.